The molecule has 0 aliphatic carbocycles. The Morgan fingerprint density at radius 1 is 0.968 bits per heavy atom. The molecule has 2 aliphatic rings. The van der Waals surface area contributed by atoms with Crippen LogP contribution >= 0.6 is 0 Å². The summed E-state index contributed by atoms with van der Waals surface area (Å²) in [7, 11) is 0. The van der Waals surface area contributed by atoms with Crippen LogP contribution in [0.3, 0.4) is 0 Å². The fourth-order valence-corrected chi connectivity index (χ4v) is 3.88. The summed E-state index contributed by atoms with van der Waals surface area (Å²) in [6.45, 7) is 4.51. The van der Waals surface area contributed by atoms with Crippen LogP contribution in [0.1, 0.15) is 18.9 Å². The van der Waals surface area contributed by atoms with Crippen molar-refractivity contribution in [1.82, 2.24) is 19.8 Å². The Morgan fingerprint density at radius 2 is 1.58 bits per heavy atom. The number of carbonyl (C=O) groups excluding carboxylic acids is 2. The van der Waals surface area contributed by atoms with Gasteiger partial charge >= 0.3 is 0 Å². The maximum Gasteiger partial charge on any atom is 0.277 e. The quantitative estimate of drug-likeness (QED) is 0.393. The SMILES string of the molecule is CCCN1C(=O)C(c2ccc([N+](=O)[O-])cc2)=C(N2CCN(c3ncccn3)CC2)C1=O. The summed E-state index contributed by atoms with van der Waals surface area (Å²) < 4.78 is 0. The molecule has 10 nitrogen and oxygen atoms in total. The minimum absolute atomic E-state index is 0.0652. The number of amides is 2. The molecule has 0 atom stereocenters. The van der Waals surface area contributed by atoms with Crippen LogP contribution < -0.4 is 4.90 Å². The molecule has 0 radical (unpaired) electrons. The molecule has 1 aromatic heterocycles. The molecular weight excluding hydrogens is 400 g/mol. The number of hydrogen-bond acceptors (Lipinski definition) is 8. The van der Waals surface area contributed by atoms with E-state index in [1.807, 2.05) is 16.7 Å². The first kappa shape index (κ1) is 20.5. The second-order valence-corrected chi connectivity index (χ2v) is 7.31. The molecule has 160 valence electrons. The third-order valence-corrected chi connectivity index (χ3v) is 5.39. The van der Waals surface area contributed by atoms with Gasteiger partial charge in [-0.3, -0.25) is 24.6 Å². The molecule has 0 N–H and O–H groups in total. The Hall–Kier alpha value is -3.82. The number of carbonyl (C=O) groups is 2. The number of piperazine rings is 1. The van der Waals surface area contributed by atoms with Crippen molar-refractivity contribution in [3.8, 4) is 0 Å². The second-order valence-electron chi connectivity index (χ2n) is 7.31. The highest BCUT2D eigenvalue weighted by Crippen LogP contribution is 2.33. The minimum Gasteiger partial charge on any atom is -0.363 e. The fraction of sp³-hybridized carbons (Fsp3) is 0.333. The van der Waals surface area contributed by atoms with Crippen LogP contribution in [0, 0.1) is 10.1 Å². The lowest BCUT2D eigenvalue weighted by atomic mass is 10.0. The predicted molar refractivity (Wildman–Crippen MR) is 113 cm³/mol. The van der Waals surface area contributed by atoms with Gasteiger partial charge in [-0.15, -0.1) is 0 Å². The van der Waals surface area contributed by atoms with Crippen molar-refractivity contribution in [3.63, 3.8) is 0 Å². The number of nitro groups is 1. The van der Waals surface area contributed by atoms with Gasteiger partial charge in [0.25, 0.3) is 17.5 Å². The lowest BCUT2D eigenvalue weighted by Gasteiger charge is -2.36. The van der Waals surface area contributed by atoms with Crippen molar-refractivity contribution < 1.29 is 14.5 Å². The third-order valence-electron chi connectivity index (χ3n) is 5.39. The zero-order valence-electron chi connectivity index (χ0n) is 17.1. The highest BCUT2D eigenvalue weighted by molar-refractivity contribution is 6.35. The topological polar surface area (TPSA) is 113 Å². The Kier molecular flexibility index (Phi) is 5.61. The normalized spacial score (nSPS) is 17.0. The van der Waals surface area contributed by atoms with E-state index in [1.165, 1.54) is 29.2 Å². The number of benzene rings is 1. The summed E-state index contributed by atoms with van der Waals surface area (Å²) in [6, 6.07) is 7.52. The number of hydrogen-bond donors (Lipinski definition) is 0. The maximum absolute atomic E-state index is 13.2. The number of anilines is 1. The van der Waals surface area contributed by atoms with Crippen LogP contribution in [0.5, 0.6) is 0 Å². The summed E-state index contributed by atoms with van der Waals surface area (Å²) in [5.74, 6) is -0.0395. The average molecular weight is 422 g/mol. The van der Waals surface area contributed by atoms with Crippen LogP contribution in [0.2, 0.25) is 0 Å². The molecule has 2 aliphatic heterocycles. The van der Waals surface area contributed by atoms with Gasteiger partial charge in [0.15, 0.2) is 0 Å². The Morgan fingerprint density at radius 3 is 2.16 bits per heavy atom. The molecule has 0 spiro atoms. The molecule has 31 heavy (non-hydrogen) atoms. The minimum atomic E-state index is -0.491. The number of nitrogens with zero attached hydrogens (tertiary/aromatic N) is 6. The van der Waals surface area contributed by atoms with Gasteiger partial charge in [0.1, 0.15) is 5.70 Å². The van der Waals surface area contributed by atoms with Crippen molar-refractivity contribution in [1.29, 1.82) is 0 Å². The van der Waals surface area contributed by atoms with Gasteiger partial charge in [-0.2, -0.15) is 0 Å². The second kappa shape index (κ2) is 8.50. The van der Waals surface area contributed by atoms with Crippen LogP contribution in [0.25, 0.3) is 5.57 Å². The molecule has 2 aromatic rings. The molecule has 4 rings (SSSR count). The highest BCUT2D eigenvalue weighted by Gasteiger charge is 2.41. The van der Waals surface area contributed by atoms with E-state index >= 15 is 0 Å². The Labute approximate surface area is 178 Å². The van der Waals surface area contributed by atoms with Crippen molar-refractivity contribution in [2.45, 2.75) is 13.3 Å². The molecule has 1 aromatic carbocycles. The molecule has 2 amide bonds. The standard InChI is InChI=1S/C21H22N6O4/c1-2-10-26-19(28)17(15-4-6-16(7-5-15)27(30)31)18(20(26)29)24-11-13-25(14-12-24)21-22-8-3-9-23-21/h3-9H,2,10-14H2,1H3. The zero-order chi connectivity index (χ0) is 22.0. The van der Waals surface area contributed by atoms with E-state index < -0.39 is 4.92 Å². The molecule has 1 fully saturated rings. The summed E-state index contributed by atoms with van der Waals surface area (Å²) in [4.78, 5) is 50.6. The van der Waals surface area contributed by atoms with Crippen molar-refractivity contribution >= 4 is 29.0 Å². The van der Waals surface area contributed by atoms with Crippen molar-refractivity contribution in [2.24, 2.45) is 0 Å². The van der Waals surface area contributed by atoms with Crippen LogP contribution in [-0.2, 0) is 9.59 Å². The lowest BCUT2D eigenvalue weighted by molar-refractivity contribution is -0.384. The van der Waals surface area contributed by atoms with Crippen molar-refractivity contribution in [3.05, 3.63) is 64.1 Å². The highest BCUT2D eigenvalue weighted by atomic mass is 16.6. The molecule has 10 heteroatoms. The molecule has 3 heterocycles. The van der Waals surface area contributed by atoms with E-state index in [2.05, 4.69) is 9.97 Å². The summed E-state index contributed by atoms with van der Waals surface area (Å²) in [6.07, 6.45) is 4.02. The van der Waals surface area contributed by atoms with Gasteiger partial charge in [-0.25, -0.2) is 9.97 Å². The first-order valence-electron chi connectivity index (χ1n) is 10.1. The molecule has 1 saturated heterocycles. The number of nitro benzene ring substituents is 1. The van der Waals surface area contributed by atoms with Gasteiger partial charge < -0.3 is 9.80 Å². The summed E-state index contributed by atoms with van der Waals surface area (Å²) >= 11 is 0. The fourth-order valence-electron chi connectivity index (χ4n) is 3.88. The Balaban J connectivity index is 1.65. The molecular formula is C21H22N6O4. The number of rotatable bonds is 6. The van der Waals surface area contributed by atoms with Crippen LogP contribution in [0.15, 0.2) is 48.4 Å². The smallest absolute Gasteiger partial charge is 0.277 e. The van der Waals surface area contributed by atoms with Crippen LogP contribution in [0.4, 0.5) is 11.6 Å². The first-order chi connectivity index (χ1) is 15.0. The molecule has 0 unspecified atom stereocenters. The number of imide groups is 1. The maximum atomic E-state index is 13.2. The Bertz CT molecular complexity index is 1030. The van der Waals surface area contributed by atoms with Crippen molar-refractivity contribution in [2.75, 3.05) is 37.6 Å². The number of aromatic nitrogens is 2. The van der Waals surface area contributed by atoms with Gasteiger partial charge in [0.2, 0.25) is 5.95 Å². The van der Waals surface area contributed by atoms with E-state index in [1.54, 1.807) is 18.5 Å². The first-order valence-corrected chi connectivity index (χ1v) is 10.1. The number of non-ortho nitro benzene ring substituents is 1. The van der Waals surface area contributed by atoms with Gasteiger partial charge in [0.05, 0.1) is 10.5 Å². The summed E-state index contributed by atoms with van der Waals surface area (Å²) in [5.41, 5.74) is 1.11. The molecule has 0 bridgehead atoms. The third kappa shape index (κ3) is 3.83. The summed E-state index contributed by atoms with van der Waals surface area (Å²) in [5, 5.41) is 11.0. The van der Waals surface area contributed by atoms with Gasteiger partial charge in [0, 0.05) is 57.3 Å². The lowest BCUT2D eigenvalue weighted by Crippen LogP contribution is -2.48. The zero-order valence-corrected chi connectivity index (χ0v) is 17.1. The monoisotopic (exact) mass is 422 g/mol. The van der Waals surface area contributed by atoms with Gasteiger partial charge in [-0.05, 0) is 30.2 Å². The largest absolute Gasteiger partial charge is 0.363 e. The molecule has 0 saturated carbocycles. The van der Waals surface area contributed by atoms with E-state index in [4.69, 9.17) is 0 Å². The van der Waals surface area contributed by atoms with E-state index in [9.17, 15) is 19.7 Å². The van der Waals surface area contributed by atoms with E-state index in [0.717, 1.165) is 0 Å². The van der Waals surface area contributed by atoms with E-state index in [-0.39, 0.29) is 17.5 Å². The predicted octanol–water partition coefficient (Wildman–Crippen LogP) is 1.70. The van der Waals surface area contributed by atoms with Crippen LogP contribution in [-0.4, -0.2) is 69.2 Å². The van der Waals surface area contributed by atoms with Gasteiger partial charge in [-0.1, -0.05) is 6.92 Å². The van der Waals surface area contributed by atoms with E-state index in [0.29, 0.717) is 61.9 Å². The average Bonchev–Trinajstić information content (AvgIpc) is 3.05.